The van der Waals surface area contributed by atoms with Crippen LogP contribution in [0, 0.1) is 6.92 Å². The van der Waals surface area contributed by atoms with Crippen molar-refractivity contribution in [1.82, 2.24) is 0 Å². The van der Waals surface area contributed by atoms with Crippen LogP contribution in [-0.2, 0) is 0 Å². The van der Waals surface area contributed by atoms with Crippen LogP contribution >= 0.6 is 15.9 Å². The van der Waals surface area contributed by atoms with Gasteiger partial charge < -0.3 is 8.83 Å². The average molecular weight is 355 g/mol. The van der Waals surface area contributed by atoms with Gasteiger partial charge in [-0.3, -0.25) is 0 Å². The second-order valence-electron chi connectivity index (χ2n) is 5.27. The summed E-state index contributed by atoms with van der Waals surface area (Å²) in [5.74, 6) is 0.662. The highest BCUT2D eigenvalue weighted by Gasteiger charge is 2.12. The molecule has 22 heavy (non-hydrogen) atoms. The van der Waals surface area contributed by atoms with E-state index in [0.29, 0.717) is 11.3 Å². The summed E-state index contributed by atoms with van der Waals surface area (Å²) < 4.78 is 12.2. The number of hydrogen-bond donors (Lipinski definition) is 0. The van der Waals surface area contributed by atoms with Gasteiger partial charge in [0.05, 0.1) is 0 Å². The van der Waals surface area contributed by atoms with Crippen molar-refractivity contribution in [3.8, 4) is 11.3 Å². The summed E-state index contributed by atoms with van der Waals surface area (Å²) in [5, 5.41) is 1.85. The SMILES string of the molecule is Cc1ccc2c(-c3cc4cc(Br)ccc4o3)cc(=O)oc2c1. The molecular weight excluding hydrogens is 344 g/mol. The van der Waals surface area contributed by atoms with Crippen LogP contribution in [-0.4, -0.2) is 0 Å². The number of fused-ring (bicyclic) bond motifs is 2. The van der Waals surface area contributed by atoms with E-state index in [1.807, 2.05) is 49.4 Å². The van der Waals surface area contributed by atoms with Crippen molar-refractivity contribution in [1.29, 1.82) is 0 Å². The first kappa shape index (κ1) is 13.3. The largest absolute Gasteiger partial charge is 0.456 e. The molecule has 3 nitrogen and oxygen atoms in total. The van der Waals surface area contributed by atoms with Crippen molar-refractivity contribution in [2.75, 3.05) is 0 Å². The molecule has 2 aromatic heterocycles. The lowest BCUT2D eigenvalue weighted by Crippen LogP contribution is -1.97. The van der Waals surface area contributed by atoms with Gasteiger partial charge in [-0.1, -0.05) is 28.1 Å². The molecule has 4 aromatic rings. The summed E-state index contributed by atoms with van der Waals surface area (Å²) in [7, 11) is 0. The number of rotatable bonds is 1. The van der Waals surface area contributed by atoms with E-state index in [4.69, 9.17) is 8.83 Å². The minimum Gasteiger partial charge on any atom is -0.456 e. The van der Waals surface area contributed by atoms with Gasteiger partial charge in [-0.15, -0.1) is 0 Å². The normalized spacial score (nSPS) is 11.4. The van der Waals surface area contributed by atoms with Gasteiger partial charge in [0.1, 0.15) is 16.9 Å². The lowest BCUT2D eigenvalue weighted by atomic mass is 10.1. The lowest BCUT2D eigenvalue weighted by molar-refractivity contribution is 0.559. The van der Waals surface area contributed by atoms with Crippen LogP contribution in [0.25, 0.3) is 33.3 Å². The van der Waals surface area contributed by atoms with E-state index >= 15 is 0 Å². The molecule has 108 valence electrons. The molecule has 4 heteroatoms. The molecule has 2 heterocycles. The Morgan fingerprint density at radius 2 is 1.77 bits per heavy atom. The fraction of sp³-hybridized carbons (Fsp3) is 0.0556. The maximum Gasteiger partial charge on any atom is 0.336 e. The predicted octanol–water partition coefficient (Wildman–Crippen LogP) is 5.28. The Morgan fingerprint density at radius 1 is 0.909 bits per heavy atom. The number of aryl methyl sites for hydroxylation is 1. The monoisotopic (exact) mass is 354 g/mol. The Hall–Kier alpha value is -2.33. The van der Waals surface area contributed by atoms with E-state index in [2.05, 4.69) is 15.9 Å². The van der Waals surface area contributed by atoms with Gasteiger partial charge in [0.25, 0.3) is 0 Å². The Bertz CT molecular complexity index is 1070. The molecule has 0 aliphatic rings. The fourth-order valence-electron chi connectivity index (χ4n) is 2.62. The van der Waals surface area contributed by atoms with Crippen molar-refractivity contribution in [3.63, 3.8) is 0 Å². The number of benzene rings is 2. The Labute approximate surface area is 134 Å². The first-order chi connectivity index (χ1) is 10.6. The zero-order valence-electron chi connectivity index (χ0n) is 11.7. The molecule has 0 saturated heterocycles. The molecule has 0 unspecified atom stereocenters. The van der Waals surface area contributed by atoms with Gasteiger partial charge in [0.2, 0.25) is 0 Å². The van der Waals surface area contributed by atoms with Crippen LogP contribution in [0.1, 0.15) is 5.56 Å². The molecule has 0 radical (unpaired) electrons. The highest BCUT2D eigenvalue weighted by Crippen LogP contribution is 2.33. The molecule has 0 amide bonds. The second-order valence-corrected chi connectivity index (χ2v) is 6.19. The minimum absolute atomic E-state index is 0.380. The van der Waals surface area contributed by atoms with Gasteiger partial charge >= 0.3 is 5.63 Å². The molecule has 0 N–H and O–H groups in total. The standard InChI is InChI=1S/C18H11BrO3/c1-10-2-4-13-14(9-18(20)22-16(13)6-10)17-8-11-7-12(19)3-5-15(11)21-17/h2-9H,1H3. The summed E-state index contributed by atoms with van der Waals surface area (Å²) in [6.07, 6.45) is 0. The molecule has 4 rings (SSSR count). The van der Waals surface area contributed by atoms with Crippen molar-refractivity contribution in [2.45, 2.75) is 6.92 Å². The summed E-state index contributed by atoms with van der Waals surface area (Å²) in [6.45, 7) is 1.96. The van der Waals surface area contributed by atoms with Crippen LogP contribution in [0.5, 0.6) is 0 Å². The Morgan fingerprint density at radius 3 is 2.64 bits per heavy atom. The maximum absolute atomic E-state index is 11.8. The van der Waals surface area contributed by atoms with Gasteiger partial charge in [-0.2, -0.15) is 0 Å². The number of halogens is 1. The predicted molar refractivity (Wildman–Crippen MR) is 90.1 cm³/mol. The molecule has 0 aliphatic carbocycles. The molecule has 0 spiro atoms. The third-order valence-electron chi connectivity index (χ3n) is 3.64. The Balaban J connectivity index is 2.04. The second kappa shape index (κ2) is 4.85. The van der Waals surface area contributed by atoms with Crippen LogP contribution in [0.4, 0.5) is 0 Å². The van der Waals surface area contributed by atoms with E-state index < -0.39 is 0 Å². The fourth-order valence-corrected chi connectivity index (χ4v) is 3.00. The minimum atomic E-state index is -0.380. The van der Waals surface area contributed by atoms with Crippen LogP contribution in [0.15, 0.2) is 66.6 Å². The summed E-state index contributed by atoms with van der Waals surface area (Å²) >= 11 is 3.45. The third-order valence-corrected chi connectivity index (χ3v) is 4.14. The van der Waals surface area contributed by atoms with Gasteiger partial charge in [-0.25, -0.2) is 4.79 Å². The van der Waals surface area contributed by atoms with Crippen molar-refractivity contribution >= 4 is 37.9 Å². The number of hydrogen-bond acceptors (Lipinski definition) is 3. The van der Waals surface area contributed by atoms with Crippen molar-refractivity contribution in [2.24, 2.45) is 0 Å². The van der Waals surface area contributed by atoms with Gasteiger partial charge in [-0.05, 0) is 42.8 Å². The third kappa shape index (κ3) is 2.16. The molecule has 0 bridgehead atoms. The maximum atomic E-state index is 11.8. The molecule has 0 atom stereocenters. The Kier molecular flexibility index (Phi) is 2.94. The zero-order chi connectivity index (χ0) is 15.3. The summed E-state index contributed by atoms with van der Waals surface area (Å²) in [6, 6.07) is 15.0. The smallest absolute Gasteiger partial charge is 0.336 e. The van der Waals surface area contributed by atoms with E-state index in [1.54, 1.807) is 0 Å². The van der Waals surface area contributed by atoms with Gasteiger partial charge in [0, 0.05) is 26.9 Å². The summed E-state index contributed by atoms with van der Waals surface area (Å²) in [4.78, 5) is 11.8. The van der Waals surface area contributed by atoms with E-state index in [-0.39, 0.29) is 5.63 Å². The van der Waals surface area contributed by atoms with Crippen LogP contribution in [0.3, 0.4) is 0 Å². The average Bonchev–Trinajstić information content (AvgIpc) is 2.88. The number of furan rings is 1. The molecular formula is C18H11BrO3. The molecule has 0 aliphatic heterocycles. The topological polar surface area (TPSA) is 43.4 Å². The highest BCUT2D eigenvalue weighted by atomic mass is 79.9. The van der Waals surface area contributed by atoms with E-state index in [9.17, 15) is 4.79 Å². The first-order valence-electron chi connectivity index (χ1n) is 6.84. The lowest BCUT2D eigenvalue weighted by Gasteiger charge is -2.03. The quantitative estimate of drug-likeness (QED) is 0.437. The van der Waals surface area contributed by atoms with Crippen LogP contribution in [0.2, 0.25) is 0 Å². The van der Waals surface area contributed by atoms with Gasteiger partial charge in [0.15, 0.2) is 0 Å². The van der Waals surface area contributed by atoms with Crippen LogP contribution < -0.4 is 5.63 Å². The van der Waals surface area contributed by atoms with Crippen molar-refractivity contribution < 1.29 is 8.83 Å². The van der Waals surface area contributed by atoms with Crippen molar-refractivity contribution in [3.05, 3.63) is 69.0 Å². The summed E-state index contributed by atoms with van der Waals surface area (Å²) in [5.41, 5.74) is 2.77. The van der Waals surface area contributed by atoms with E-state index in [0.717, 1.165) is 32.0 Å². The zero-order valence-corrected chi connectivity index (χ0v) is 13.3. The molecule has 2 aromatic carbocycles. The highest BCUT2D eigenvalue weighted by molar-refractivity contribution is 9.10. The first-order valence-corrected chi connectivity index (χ1v) is 7.63. The molecule has 0 fully saturated rings. The van der Waals surface area contributed by atoms with E-state index in [1.165, 1.54) is 6.07 Å². The molecule has 0 saturated carbocycles.